The molecule has 168 valence electrons. The monoisotopic (exact) mass is 428 g/mol. The van der Waals surface area contributed by atoms with Gasteiger partial charge in [0, 0.05) is 38.1 Å². The van der Waals surface area contributed by atoms with Crippen LogP contribution in [-0.2, 0) is 16.0 Å². The third-order valence-corrected chi connectivity index (χ3v) is 4.96. The van der Waals surface area contributed by atoms with Crippen LogP contribution in [0.15, 0.2) is 48.7 Å². The highest BCUT2D eigenvalue weighted by atomic mass is 16.7. The SMILES string of the molecule is CC(C)(C)OCOCN1CCN(c2ccnc(C(=O)N(O)Cc3ccccc3)c2)CC1. The maximum absolute atomic E-state index is 12.6. The van der Waals surface area contributed by atoms with Crippen LogP contribution in [0.4, 0.5) is 5.69 Å². The molecule has 8 heteroatoms. The first-order chi connectivity index (χ1) is 14.8. The summed E-state index contributed by atoms with van der Waals surface area (Å²) in [7, 11) is 0. The first-order valence-corrected chi connectivity index (χ1v) is 10.5. The van der Waals surface area contributed by atoms with Crippen LogP contribution < -0.4 is 4.90 Å². The lowest BCUT2D eigenvalue weighted by atomic mass is 10.2. The fourth-order valence-corrected chi connectivity index (χ4v) is 3.21. The Hall–Kier alpha value is -2.52. The molecule has 1 saturated heterocycles. The Morgan fingerprint density at radius 3 is 2.52 bits per heavy atom. The number of nitrogens with zero attached hydrogens (tertiary/aromatic N) is 4. The van der Waals surface area contributed by atoms with Gasteiger partial charge >= 0.3 is 0 Å². The molecule has 1 aromatic carbocycles. The summed E-state index contributed by atoms with van der Waals surface area (Å²) in [5.41, 5.74) is 1.78. The highest BCUT2D eigenvalue weighted by Gasteiger charge is 2.21. The van der Waals surface area contributed by atoms with Crippen LogP contribution in [0.2, 0.25) is 0 Å². The number of pyridine rings is 1. The number of piperazine rings is 1. The molecule has 31 heavy (non-hydrogen) atoms. The Kier molecular flexibility index (Phi) is 7.97. The van der Waals surface area contributed by atoms with Crippen molar-refractivity contribution >= 4 is 11.6 Å². The van der Waals surface area contributed by atoms with E-state index in [2.05, 4.69) is 14.8 Å². The largest absolute Gasteiger partial charge is 0.369 e. The number of hydrogen-bond donors (Lipinski definition) is 1. The predicted molar refractivity (Wildman–Crippen MR) is 118 cm³/mol. The molecule has 1 fully saturated rings. The molecule has 0 atom stereocenters. The molecule has 2 aromatic rings. The Morgan fingerprint density at radius 1 is 1.13 bits per heavy atom. The van der Waals surface area contributed by atoms with Gasteiger partial charge < -0.3 is 14.4 Å². The lowest BCUT2D eigenvalue weighted by Crippen LogP contribution is -2.47. The van der Waals surface area contributed by atoms with E-state index in [1.165, 1.54) is 0 Å². The van der Waals surface area contributed by atoms with E-state index >= 15 is 0 Å². The number of carbonyl (C=O) groups excluding carboxylic acids is 1. The second-order valence-electron chi connectivity index (χ2n) is 8.56. The molecular formula is C23H32N4O4. The highest BCUT2D eigenvalue weighted by molar-refractivity contribution is 5.92. The van der Waals surface area contributed by atoms with Crippen LogP contribution in [0.25, 0.3) is 0 Å². The van der Waals surface area contributed by atoms with Crippen molar-refractivity contribution in [2.24, 2.45) is 0 Å². The maximum atomic E-state index is 12.6. The number of carbonyl (C=O) groups is 1. The molecule has 0 radical (unpaired) electrons. The molecule has 0 bridgehead atoms. The molecular weight excluding hydrogens is 396 g/mol. The van der Waals surface area contributed by atoms with Crippen LogP contribution in [0.3, 0.4) is 0 Å². The quantitative estimate of drug-likeness (QED) is 0.300. The molecule has 1 aliphatic rings. The van der Waals surface area contributed by atoms with E-state index < -0.39 is 5.91 Å². The van der Waals surface area contributed by atoms with Crippen molar-refractivity contribution in [3.8, 4) is 0 Å². The van der Waals surface area contributed by atoms with Crippen molar-refractivity contribution in [2.75, 3.05) is 44.6 Å². The topological polar surface area (TPSA) is 78.4 Å². The maximum Gasteiger partial charge on any atom is 0.296 e. The normalized spacial score (nSPS) is 15.2. The van der Waals surface area contributed by atoms with E-state index in [1.807, 2.05) is 57.2 Å². The van der Waals surface area contributed by atoms with Gasteiger partial charge in [0.1, 0.15) is 19.2 Å². The minimum atomic E-state index is -0.517. The average molecular weight is 429 g/mol. The zero-order valence-electron chi connectivity index (χ0n) is 18.5. The van der Waals surface area contributed by atoms with Gasteiger partial charge in [0.2, 0.25) is 0 Å². The van der Waals surface area contributed by atoms with Gasteiger partial charge in [0.15, 0.2) is 0 Å². The van der Waals surface area contributed by atoms with Gasteiger partial charge in [-0.1, -0.05) is 30.3 Å². The number of aromatic nitrogens is 1. The van der Waals surface area contributed by atoms with Gasteiger partial charge in [0.05, 0.1) is 12.1 Å². The summed E-state index contributed by atoms with van der Waals surface area (Å²) in [6, 6.07) is 13.0. The molecule has 1 amide bonds. The molecule has 0 spiro atoms. The number of benzene rings is 1. The molecule has 2 heterocycles. The third kappa shape index (κ3) is 7.29. The first-order valence-electron chi connectivity index (χ1n) is 10.5. The second kappa shape index (κ2) is 10.7. The van der Waals surface area contributed by atoms with Crippen molar-refractivity contribution in [1.82, 2.24) is 14.9 Å². The zero-order chi connectivity index (χ0) is 22.3. The van der Waals surface area contributed by atoms with E-state index in [4.69, 9.17) is 9.47 Å². The summed E-state index contributed by atoms with van der Waals surface area (Å²) in [5, 5.41) is 10.9. The zero-order valence-corrected chi connectivity index (χ0v) is 18.5. The van der Waals surface area contributed by atoms with Gasteiger partial charge in [-0.25, -0.2) is 5.06 Å². The minimum absolute atomic E-state index is 0.114. The van der Waals surface area contributed by atoms with Gasteiger partial charge in [-0.15, -0.1) is 0 Å². The van der Waals surface area contributed by atoms with Gasteiger partial charge in [-0.05, 0) is 38.5 Å². The lowest BCUT2D eigenvalue weighted by molar-refractivity contribution is -0.141. The summed E-state index contributed by atoms with van der Waals surface area (Å²) < 4.78 is 11.2. The Balaban J connectivity index is 1.49. The van der Waals surface area contributed by atoms with Crippen LogP contribution in [0, 0.1) is 0 Å². The summed E-state index contributed by atoms with van der Waals surface area (Å²) in [6.45, 7) is 10.2. The number of anilines is 1. The highest BCUT2D eigenvalue weighted by Crippen LogP contribution is 2.18. The van der Waals surface area contributed by atoms with Crippen molar-refractivity contribution in [3.63, 3.8) is 0 Å². The Labute approximate surface area is 183 Å². The number of hydrogen-bond acceptors (Lipinski definition) is 7. The predicted octanol–water partition coefficient (Wildman–Crippen LogP) is 2.98. The van der Waals surface area contributed by atoms with Crippen molar-refractivity contribution in [3.05, 3.63) is 59.9 Å². The summed E-state index contributed by atoms with van der Waals surface area (Å²) >= 11 is 0. The summed E-state index contributed by atoms with van der Waals surface area (Å²) in [6.07, 6.45) is 1.61. The van der Waals surface area contributed by atoms with Gasteiger partial charge in [0.25, 0.3) is 5.91 Å². The van der Waals surface area contributed by atoms with Crippen molar-refractivity contribution in [1.29, 1.82) is 0 Å². The molecule has 0 saturated carbocycles. The fourth-order valence-electron chi connectivity index (χ4n) is 3.21. The van der Waals surface area contributed by atoms with E-state index in [0.717, 1.165) is 37.4 Å². The molecule has 1 aliphatic heterocycles. The molecule has 8 nitrogen and oxygen atoms in total. The molecule has 1 aromatic heterocycles. The van der Waals surface area contributed by atoms with Gasteiger partial charge in [-0.2, -0.15) is 0 Å². The standard InChI is InChI=1S/C23H32N4O4/c1-23(2,3)31-18-30-17-25-11-13-26(14-12-25)20-9-10-24-21(15-20)22(28)27(29)16-19-7-5-4-6-8-19/h4-10,15,29H,11-14,16-18H2,1-3H3. The molecule has 0 aliphatic carbocycles. The third-order valence-electron chi connectivity index (χ3n) is 4.96. The number of hydroxylamine groups is 2. The van der Waals surface area contributed by atoms with Crippen LogP contribution >= 0.6 is 0 Å². The second-order valence-corrected chi connectivity index (χ2v) is 8.56. The van der Waals surface area contributed by atoms with Crippen LogP contribution in [0.1, 0.15) is 36.8 Å². The van der Waals surface area contributed by atoms with E-state index in [0.29, 0.717) is 11.8 Å². The Bertz CT molecular complexity index is 833. The van der Waals surface area contributed by atoms with Crippen LogP contribution in [-0.4, -0.2) is 71.4 Å². The van der Waals surface area contributed by atoms with Crippen LogP contribution in [0.5, 0.6) is 0 Å². The average Bonchev–Trinajstić information content (AvgIpc) is 2.77. The van der Waals surface area contributed by atoms with Crippen molar-refractivity contribution < 1.29 is 19.5 Å². The molecule has 3 rings (SSSR count). The van der Waals surface area contributed by atoms with Gasteiger partial charge in [-0.3, -0.25) is 19.9 Å². The summed E-state index contributed by atoms with van der Waals surface area (Å²) in [5.74, 6) is -0.517. The Morgan fingerprint density at radius 2 is 1.84 bits per heavy atom. The number of rotatable bonds is 8. The van der Waals surface area contributed by atoms with E-state index in [1.54, 1.807) is 12.3 Å². The van der Waals surface area contributed by atoms with E-state index in [9.17, 15) is 10.0 Å². The smallest absolute Gasteiger partial charge is 0.296 e. The molecule has 0 unspecified atom stereocenters. The van der Waals surface area contributed by atoms with E-state index in [-0.39, 0.29) is 24.6 Å². The minimum Gasteiger partial charge on any atom is -0.369 e. The molecule has 1 N–H and O–H groups in total. The first kappa shape index (κ1) is 23.1. The number of amides is 1. The van der Waals surface area contributed by atoms with Crippen molar-refractivity contribution in [2.45, 2.75) is 32.9 Å². The summed E-state index contributed by atoms with van der Waals surface area (Å²) in [4.78, 5) is 21.2. The lowest BCUT2D eigenvalue weighted by Gasteiger charge is -2.36. The fraction of sp³-hybridized carbons (Fsp3) is 0.478. The number of ether oxygens (including phenoxy) is 2.